The predicted octanol–water partition coefficient (Wildman–Crippen LogP) is 3.92. The van der Waals surface area contributed by atoms with Crippen molar-refractivity contribution in [1.29, 1.82) is 0 Å². The average Bonchev–Trinajstić information content (AvgIpc) is 2.35. The van der Waals surface area contributed by atoms with Crippen LogP contribution in [0.3, 0.4) is 0 Å². The van der Waals surface area contributed by atoms with Gasteiger partial charge in [-0.05, 0) is 43.2 Å². The van der Waals surface area contributed by atoms with Gasteiger partial charge in [0, 0.05) is 17.8 Å². The van der Waals surface area contributed by atoms with E-state index in [4.69, 9.17) is 4.74 Å². The molecule has 0 bridgehead atoms. The van der Waals surface area contributed by atoms with Gasteiger partial charge in [-0.25, -0.2) is 0 Å². The summed E-state index contributed by atoms with van der Waals surface area (Å²) in [6, 6.07) is 14.6. The predicted molar refractivity (Wildman–Crippen MR) is 76.2 cm³/mol. The quantitative estimate of drug-likeness (QED) is 0.875. The van der Waals surface area contributed by atoms with Crippen LogP contribution in [0, 0.1) is 13.8 Å². The second-order valence-electron chi connectivity index (χ2n) is 4.54. The molecule has 0 amide bonds. The molecule has 0 aliphatic rings. The Hall–Kier alpha value is -1.96. The molecule has 0 spiro atoms. The van der Waals surface area contributed by atoms with Crippen molar-refractivity contribution in [2.45, 2.75) is 20.4 Å². The van der Waals surface area contributed by atoms with E-state index in [1.165, 1.54) is 16.7 Å². The van der Waals surface area contributed by atoms with Gasteiger partial charge in [-0.15, -0.1) is 0 Å². The van der Waals surface area contributed by atoms with Gasteiger partial charge in [0.15, 0.2) is 0 Å². The number of aryl methyl sites for hydroxylation is 2. The third-order valence-corrected chi connectivity index (χ3v) is 2.90. The second kappa shape index (κ2) is 5.58. The lowest BCUT2D eigenvalue weighted by molar-refractivity contribution is 0.410. The number of methoxy groups -OCH3 is 1. The van der Waals surface area contributed by atoms with Crippen molar-refractivity contribution >= 4 is 5.69 Å². The molecule has 0 unspecified atom stereocenters. The van der Waals surface area contributed by atoms with Gasteiger partial charge in [-0.1, -0.05) is 24.3 Å². The lowest BCUT2D eigenvalue weighted by Crippen LogP contribution is -2.02. The van der Waals surface area contributed by atoms with Crippen LogP contribution in [0.4, 0.5) is 5.69 Å². The van der Waals surface area contributed by atoms with E-state index in [0.29, 0.717) is 0 Å². The zero-order chi connectivity index (χ0) is 13.0. The number of hydrogen-bond donors (Lipinski definition) is 1. The van der Waals surface area contributed by atoms with Crippen LogP contribution in [0.15, 0.2) is 42.5 Å². The van der Waals surface area contributed by atoms with Crippen molar-refractivity contribution in [3.63, 3.8) is 0 Å². The zero-order valence-corrected chi connectivity index (χ0v) is 11.2. The Morgan fingerprint density at radius 2 is 1.67 bits per heavy atom. The van der Waals surface area contributed by atoms with Gasteiger partial charge >= 0.3 is 0 Å². The molecule has 94 valence electrons. The summed E-state index contributed by atoms with van der Waals surface area (Å²) in [5.41, 5.74) is 4.87. The first kappa shape index (κ1) is 12.5. The summed E-state index contributed by atoms with van der Waals surface area (Å²) in [7, 11) is 1.70. The molecule has 2 aromatic rings. The van der Waals surface area contributed by atoms with Crippen molar-refractivity contribution in [1.82, 2.24) is 0 Å². The fraction of sp³-hybridized carbons (Fsp3) is 0.250. The number of para-hydroxylation sites is 1. The van der Waals surface area contributed by atoms with Gasteiger partial charge in [0.25, 0.3) is 0 Å². The first-order valence-electron chi connectivity index (χ1n) is 6.13. The van der Waals surface area contributed by atoms with Crippen LogP contribution < -0.4 is 10.1 Å². The fourth-order valence-electron chi connectivity index (χ4n) is 2.12. The maximum atomic E-state index is 5.34. The van der Waals surface area contributed by atoms with E-state index in [1.54, 1.807) is 7.11 Å². The Morgan fingerprint density at radius 3 is 2.33 bits per heavy atom. The maximum Gasteiger partial charge on any atom is 0.123 e. The molecule has 1 N–H and O–H groups in total. The topological polar surface area (TPSA) is 21.3 Å². The molecule has 0 atom stereocenters. The van der Waals surface area contributed by atoms with Crippen LogP contribution in [0.1, 0.15) is 16.7 Å². The van der Waals surface area contributed by atoms with Crippen molar-refractivity contribution < 1.29 is 4.74 Å². The van der Waals surface area contributed by atoms with E-state index < -0.39 is 0 Å². The largest absolute Gasteiger partial charge is 0.496 e. The molecule has 2 heteroatoms. The van der Waals surface area contributed by atoms with E-state index in [0.717, 1.165) is 18.0 Å². The number of nitrogens with one attached hydrogen (secondary N) is 1. The van der Waals surface area contributed by atoms with Gasteiger partial charge in [-0.2, -0.15) is 0 Å². The molecule has 2 nitrogen and oxygen atoms in total. The van der Waals surface area contributed by atoms with Crippen LogP contribution >= 0.6 is 0 Å². The first-order valence-corrected chi connectivity index (χ1v) is 6.13. The first-order chi connectivity index (χ1) is 8.69. The van der Waals surface area contributed by atoms with Crippen LogP contribution in [0.5, 0.6) is 5.75 Å². The monoisotopic (exact) mass is 241 g/mol. The smallest absolute Gasteiger partial charge is 0.123 e. The van der Waals surface area contributed by atoms with E-state index >= 15 is 0 Å². The highest BCUT2D eigenvalue weighted by Gasteiger charge is 2.01. The molecule has 0 aromatic heterocycles. The van der Waals surface area contributed by atoms with Crippen LogP contribution in [0.2, 0.25) is 0 Å². The van der Waals surface area contributed by atoms with E-state index in [-0.39, 0.29) is 0 Å². The van der Waals surface area contributed by atoms with E-state index in [2.05, 4.69) is 43.4 Å². The van der Waals surface area contributed by atoms with E-state index in [1.807, 2.05) is 18.2 Å². The Labute approximate surface area is 109 Å². The van der Waals surface area contributed by atoms with Gasteiger partial charge < -0.3 is 10.1 Å². The summed E-state index contributed by atoms with van der Waals surface area (Å²) in [4.78, 5) is 0. The minimum atomic E-state index is 0.771. The molecule has 0 saturated heterocycles. The molecule has 2 aromatic carbocycles. The third-order valence-electron chi connectivity index (χ3n) is 2.90. The molecule has 0 aliphatic carbocycles. The highest BCUT2D eigenvalue weighted by molar-refractivity contribution is 5.49. The van der Waals surface area contributed by atoms with Gasteiger partial charge in [0.05, 0.1) is 7.11 Å². The minimum Gasteiger partial charge on any atom is -0.496 e. The minimum absolute atomic E-state index is 0.771. The van der Waals surface area contributed by atoms with Crippen LogP contribution in [-0.4, -0.2) is 7.11 Å². The Kier molecular flexibility index (Phi) is 3.88. The number of anilines is 1. The number of hydrogen-bond acceptors (Lipinski definition) is 2. The summed E-state index contributed by atoms with van der Waals surface area (Å²) in [6.07, 6.45) is 0. The summed E-state index contributed by atoms with van der Waals surface area (Å²) in [6.45, 7) is 5.00. The van der Waals surface area contributed by atoms with Crippen molar-refractivity contribution in [2.75, 3.05) is 12.4 Å². The zero-order valence-electron chi connectivity index (χ0n) is 11.2. The summed E-state index contributed by atoms with van der Waals surface area (Å²) in [5.74, 6) is 0.925. The number of benzene rings is 2. The van der Waals surface area contributed by atoms with Crippen molar-refractivity contribution in [3.8, 4) is 5.75 Å². The van der Waals surface area contributed by atoms with Crippen molar-refractivity contribution in [2.24, 2.45) is 0 Å². The molecule has 0 radical (unpaired) electrons. The molecule has 0 fully saturated rings. The summed E-state index contributed by atoms with van der Waals surface area (Å²) < 4.78 is 5.34. The Bertz CT molecular complexity index is 514. The molecular formula is C16H19NO. The summed E-state index contributed by atoms with van der Waals surface area (Å²) >= 11 is 0. The molecule has 2 rings (SSSR count). The van der Waals surface area contributed by atoms with Gasteiger partial charge in [-0.3, -0.25) is 0 Å². The lowest BCUT2D eigenvalue weighted by Gasteiger charge is -2.11. The molecule has 0 saturated carbocycles. The highest BCUT2D eigenvalue weighted by Crippen LogP contribution is 2.20. The fourth-order valence-corrected chi connectivity index (χ4v) is 2.12. The normalized spacial score (nSPS) is 10.2. The Morgan fingerprint density at radius 1 is 1.00 bits per heavy atom. The molecule has 0 heterocycles. The maximum absolute atomic E-state index is 5.34. The molecular weight excluding hydrogens is 222 g/mol. The standard InChI is InChI=1S/C16H19NO/c1-12-8-13(2)10-15(9-12)17-11-14-6-4-5-7-16(14)18-3/h4-10,17H,11H2,1-3H3. The Balaban J connectivity index is 2.11. The summed E-state index contributed by atoms with van der Waals surface area (Å²) in [5, 5.41) is 3.44. The SMILES string of the molecule is COc1ccccc1CNc1cc(C)cc(C)c1. The third kappa shape index (κ3) is 3.04. The van der Waals surface area contributed by atoms with Crippen LogP contribution in [-0.2, 0) is 6.54 Å². The van der Waals surface area contributed by atoms with Crippen LogP contribution in [0.25, 0.3) is 0 Å². The van der Waals surface area contributed by atoms with E-state index in [9.17, 15) is 0 Å². The average molecular weight is 241 g/mol. The second-order valence-corrected chi connectivity index (χ2v) is 4.54. The molecule has 0 aliphatic heterocycles. The van der Waals surface area contributed by atoms with Gasteiger partial charge in [0.2, 0.25) is 0 Å². The lowest BCUT2D eigenvalue weighted by atomic mass is 10.1. The van der Waals surface area contributed by atoms with Crippen molar-refractivity contribution in [3.05, 3.63) is 59.2 Å². The number of rotatable bonds is 4. The number of ether oxygens (including phenoxy) is 1. The highest BCUT2D eigenvalue weighted by atomic mass is 16.5. The molecule has 18 heavy (non-hydrogen) atoms. The van der Waals surface area contributed by atoms with Gasteiger partial charge in [0.1, 0.15) is 5.75 Å².